The van der Waals surface area contributed by atoms with Gasteiger partial charge in [-0.3, -0.25) is 0 Å². The van der Waals surface area contributed by atoms with Crippen molar-refractivity contribution in [2.45, 2.75) is 38.6 Å². The fourth-order valence-electron chi connectivity index (χ4n) is 2.28. The number of ether oxygens (including phenoxy) is 1. The number of urea groups is 1. The third-order valence-electron chi connectivity index (χ3n) is 3.38. The van der Waals surface area contributed by atoms with Crippen LogP contribution in [0.2, 0.25) is 0 Å². The number of amides is 2. The molecule has 4 heteroatoms. The second kappa shape index (κ2) is 5.76. The summed E-state index contributed by atoms with van der Waals surface area (Å²) in [5.74, 6) is 0.747. The minimum Gasteiger partial charge on any atom is -0.497 e. The molecule has 1 fully saturated rings. The Morgan fingerprint density at radius 2 is 2.06 bits per heavy atom. The van der Waals surface area contributed by atoms with Gasteiger partial charge in [-0.1, -0.05) is 18.9 Å². The molecule has 1 aliphatic rings. The normalized spacial score (nSPS) is 15.4. The molecule has 0 unspecified atom stereocenters. The maximum atomic E-state index is 11.9. The van der Waals surface area contributed by atoms with E-state index in [0.717, 1.165) is 29.8 Å². The molecule has 2 N–H and O–H groups in total. The summed E-state index contributed by atoms with van der Waals surface area (Å²) in [6.45, 7) is 1.96. The van der Waals surface area contributed by atoms with Crippen LogP contribution in [0.3, 0.4) is 0 Å². The number of rotatable bonds is 3. The molecule has 1 saturated carbocycles. The SMILES string of the molecule is COc1ccc(C)c(NC(=O)NC2CCCC2)c1. The number of hydrogen-bond donors (Lipinski definition) is 2. The fourth-order valence-corrected chi connectivity index (χ4v) is 2.28. The number of carbonyl (C=O) groups excluding carboxylic acids is 1. The highest BCUT2D eigenvalue weighted by molar-refractivity contribution is 5.90. The first-order valence-electron chi connectivity index (χ1n) is 6.41. The molecule has 0 aromatic heterocycles. The predicted octanol–water partition coefficient (Wildman–Crippen LogP) is 3.07. The van der Waals surface area contributed by atoms with Crippen LogP contribution in [-0.2, 0) is 0 Å². The summed E-state index contributed by atoms with van der Waals surface area (Å²) in [6, 6.07) is 5.86. The van der Waals surface area contributed by atoms with Crippen LogP contribution < -0.4 is 15.4 Å². The van der Waals surface area contributed by atoms with Crippen molar-refractivity contribution in [3.8, 4) is 5.75 Å². The van der Waals surface area contributed by atoms with E-state index in [1.807, 2.05) is 25.1 Å². The highest BCUT2D eigenvalue weighted by Gasteiger charge is 2.17. The molecule has 0 spiro atoms. The van der Waals surface area contributed by atoms with Crippen molar-refractivity contribution in [2.24, 2.45) is 0 Å². The van der Waals surface area contributed by atoms with Crippen molar-refractivity contribution in [1.82, 2.24) is 5.32 Å². The number of methoxy groups -OCH3 is 1. The van der Waals surface area contributed by atoms with Crippen LogP contribution in [0.5, 0.6) is 5.75 Å². The van der Waals surface area contributed by atoms with Gasteiger partial charge in [0.25, 0.3) is 0 Å². The van der Waals surface area contributed by atoms with Crippen molar-refractivity contribution in [3.05, 3.63) is 23.8 Å². The highest BCUT2D eigenvalue weighted by Crippen LogP contribution is 2.22. The molecule has 0 saturated heterocycles. The Hall–Kier alpha value is -1.71. The van der Waals surface area contributed by atoms with Gasteiger partial charge in [0.05, 0.1) is 7.11 Å². The zero-order valence-corrected chi connectivity index (χ0v) is 11.0. The second-order valence-corrected chi connectivity index (χ2v) is 4.76. The van der Waals surface area contributed by atoms with Crippen LogP contribution in [-0.4, -0.2) is 19.2 Å². The van der Waals surface area contributed by atoms with Gasteiger partial charge in [-0.25, -0.2) is 4.79 Å². The number of anilines is 1. The standard InChI is InChI=1S/C14H20N2O2/c1-10-7-8-12(18-2)9-13(10)16-14(17)15-11-5-3-4-6-11/h7-9,11H,3-6H2,1-2H3,(H2,15,16,17). The second-order valence-electron chi connectivity index (χ2n) is 4.76. The van der Waals surface area contributed by atoms with E-state index in [1.165, 1.54) is 12.8 Å². The number of nitrogens with one attached hydrogen (secondary N) is 2. The number of carbonyl (C=O) groups is 1. The quantitative estimate of drug-likeness (QED) is 0.863. The molecule has 0 aliphatic heterocycles. The summed E-state index contributed by atoms with van der Waals surface area (Å²) < 4.78 is 5.15. The maximum absolute atomic E-state index is 11.9. The lowest BCUT2D eigenvalue weighted by Crippen LogP contribution is -2.36. The minimum absolute atomic E-state index is 0.127. The summed E-state index contributed by atoms with van der Waals surface area (Å²) in [7, 11) is 1.62. The summed E-state index contributed by atoms with van der Waals surface area (Å²) in [4.78, 5) is 11.9. The van der Waals surface area contributed by atoms with Crippen LogP contribution in [0.4, 0.5) is 10.5 Å². The monoisotopic (exact) mass is 248 g/mol. The minimum atomic E-state index is -0.127. The maximum Gasteiger partial charge on any atom is 0.319 e. The Kier molecular flexibility index (Phi) is 4.07. The lowest BCUT2D eigenvalue weighted by molar-refractivity contribution is 0.248. The van der Waals surface area contributed by atoms with E-state index < -0.39 is 0 Å². The van der Waals surface area contributed by atoms with Crippen molar-refractivity contribution >= 4 is 11.7 Å². The highest BCUT2D eigenvalue weighted by atomic mass is 16.5. The molecule has 1 aliphatic carbocycles. The molecule has 0 bridgehead atoms. The average molecular weight is 248 g/mol. The van der Waals surface area contributed by atoms with Gasteiger partial charge in [-0.05, 0) is 31.4 Å². The summed E-state index contributed by atoms with van der Waals surface area (Å²) in [6.07, 6.45) is 4.60. The zero-order chi connectivity index (χ0) is 13.0. The van der Waals surface area contributed by atoms with Crippen LogP contribution in [0.15, 0.2) is 18.2 Å². The molecule has 2 rings (SSSR count). The zero-order valence-electron chi connectivity index (χ0n) is 11.0. The molecule has 1 aromatic rings. The third kappa shape index (κ3) is 3.15. The van der Waals surface area contributed by atoms with Crippen molar-refractivity contribution < 1.29 is 9.53 Å². The molecule has 18 heavy (non-hydrogen) atoms. The Labute approximate surface area is 108 Å². The van der Waals surface area contributed by atoms with E-state index in [1.54, 1.807) is 7.11 Å². The van der Waals surface area contributed by atoms with E-state index in [0.29, 0.717) is 6.04 Å². The molecule has 4 nitrogen and oxygen atoms in total. The Morgan fingerprint density at radius 1 is 1.33 bits per heavy atom. The van der Waals surface area contributed by atoms with Gasteiger partial charge in [0.1, 0.15) is 5.75 Å². The van der Waals surface area contributed by atoms with Gasteiger partial charge >= 0.3 is 6.03 Å². The molecule has 98 valence electrons. The van der Waals surface area contributed by atoms with E-state index in [4.69, 9.17) is 4.74 Å². The number of benzene rings is 1. The van der Waals surface area contributed by atoms with Crippen LogP contribution in [0, 0.1) is 6.92 Å². The van der Waals surface area contributed by atoms with Crippen molar-refractivity contribution in [3.63, 3.8) is 0 Å². The molecule has 1 aromatic carbocycles. The van der Waals surface area contributed by atoms with Gasteiger partial charge in [0.15, 0.2) is 0 Å². The first kappa shape index (κ1) is 12.7. The van der Waals surface area contributed by atoms with Gasteiger partial charge in [-0.2, -0.15) is 0 Å². The largest absolute Gasteiger partial charge is 0.497 e. The summed E-state index contributed by atoms with van der Waals surface area (Å²) >= 11 is 0. The lowest BCUT2D eigenvalue weighted by atomic mass is 10.2. The Bertz CT molecular complexity index is 426. The van der Waals surface area contributed by atoms with Crippen molar-refractivity contribution in [1.29, 1.82) is 0 Å². The fraction of sp³-hybridized carbons (Fsp3) is 0.500. The van der Waals surface area contributed by atoms with Crippen LogP contribution in [0.1, 0.15) is 31.2 Å². The Balaban J connectivity index is 1.97. The third-order valence-corrected chi connectivity index (χ3v) is 3.38. The predicted molar refractivity (Wildman–Crippen MR) is 72.1 cm³/mol. The first-order chi connectivity index (χ1) is 8.69. The average Bonchev–Trinajstić information content (AvgIpc) is 2.84. The van der Waals surface area contributed by atoms with Crippen LogP contribution in [0.25, 0.3) is 0 Å². The summed E-state index contributed by atoms with van der Waals surface area (Å²) in [5.41, 5.74) is 1.82. The van der Waals surface area contributed by atoms with Gasteiger partial charge < -0.3 is 15.4 Å². The Morgan fingerprint density at radius 3 is 2.72 bits per heavy atom. The summed E-state index contributed by atoms with van der Waals surface area (Å²) in [5, 5.41) is 5.88. The van der Waals surface area contributed by atoms with Crippen LogP contribution >= 0.6 is 0 Å². The molecular formula is C14H20N2O2. The van der Waals surface area contributed by atoms with E-state index in [-0.39, 0.29) is 6.03 Å². The number of hydrogen-bond acceptors (Lipinski definition) is 2. The van der Waals surface area contributed by atoms with E-state index in [9.17, 15) is 4.79 Å². The lowest BCUT2D eigenvalue weighted by Gasteiger charge is -2.14. The molecule has 2 amide bonds. The molecule has 0 atom stereocenters. The van der Waals surface area contributed by atoms with Gasteiger partial charge in [0, 0.05) is 17.8 Å². The number of aryl methyl sites for hydroxylation is 1. The van der Waals surface area contributed by atoms with E-state index in [2.05, 4.69) is 10.6 Å². The topological polar surface area (TPSA) is 50.4 Å². The smallest absolute Gasteiger partial charge is 0.319 e. The molecule has 0 heterocycles. The van der Waals surface area contributed by atoms with Crippen molar-refractivity contribution in [2.75, 3.05) is 12.4 Å². The first-order valence-corrected chi connectivity index (χ1v) is 6.41. The molecule has 0 radical (unpaired) electrons. The van der Waals surface area contributed by atoms with Gasteiger partial charge in [-0.15, -0.1) is 0 Å². The van der Waals surface area contributed by atoms with E-state index >= 15 is 0 Å². The van der Waals surface area contributed by atoms with Gasteiger partial charge in [0.2, 0.25) is 0 Å². The molecular weight excluding hydrogens is 228 g/mol.